The Morgan fingerprint density at radius 1 is 1.33 bits per heavy atom. The van der Waals surface area contributed by atoms with Gasteiger partial charge in [-0.1, -0.05) is 29.3 Å². The van der Waals surface area contributed by atoms with E-state index < -0.39 is 17.9 Å². The first-order valence-corrected chi connectivity index (χ1v) is 6.99. The van der Waals surface area contributed by atoms with Crippen molar-refractivity contribution in [3.05, 3.63) is 39.9 Å². The maximum Gasteiger partial charge on any atom is 0.328 e. The Hall–Kier alpha value is -1.56. The third kappa shape index (κ3) is 3.75. The molecule has 1 heterocycles. The monoisotopic (exact) mass is 329 g/mol. The summed E-state index contributed by atoms with van der Waals surface area (Å²) in [5.74, 6) is -1.51. The molecule has 0 aromatic heterocycles. The first kappa shape index (κ1) is 15.8. The van der Waals surface area contributed by atoms with Crippen LogP contribution in [0.15, 0.2) is 24.3 Å². The predicted molar refractivity (Wildman–Crippen MR) is 79.5 cm³/mol. The molecule has 1 aromatic rings. The van der Waals surface area contributed by atoms with E-state index in [2.05, 4.69) is 0 Å². The van der Waals surface area contributed by atoms with Gasteiger partial charge in [0.15, 0.2) is 6.04 Å². The van der Waals surface area contributed by atoms with E-state index in [1.807, 2.05) is 0 Å². The van der Waals surface area contributed by atoms with Gasteiger partial charge in [-0.05, 0) is 18.2 Å². The number of halogens is 2. The average Bonchev–Trinajstić information content (AvgIpc) is 2.46. The molecule has 1 aliphatic heterocycles. The van der Waals surface area contributed by atoms with Crippen LogP contribution in [0.1, 0.15) is 5.56 Å². The van der Waals surface area contributed by atoms with Crippen molar-refractivity contribution in [1.82, 2.24) is 4.90 Å². The number of hydrogen-bond donors (Lipinski definition) is 1. The minimum absolute atomic E-state index is 0.0121. The number of ether oxygens (including phenoxy) is 1. The molecule has 21 heavy (non-hydrogen) atoms. The SMILES string of the molecule is O=C(O)C1COCCN1C(=O)C=Cc1c(Cl)cccc1Cl. The molecule has 1 aliphatic rings. The third-order valence-corrected chi connectivity index (χ3v) is 3.75. The van der Waals surface area contributed by atoms with Gasteiger partial charge in [-0.3, -0.25) is 4.79 Å². The largest absolute Gasteiger partial charge is 0.480 e. The molecule has 5 nitrogen and oxygen atoms in total. The lowest BCUT2D eigenvalue weighted by Crippen LogP contribution is -2.52. The molecule has 1 saturated heterocycles. The fraction of sp³-hybridized carbons (Fsp3) is 0.286. The Kier molecular flexibility index (Phi) is 5.22. The van der Waals surface area contributed by atoms with Gasteiger partial charge in [0, 0.05) is 28.2 Å². The van der Waals surface area contributed by atoms with Crippen LogP contribution in [0.4, 0.5) is 0 Å². The molecule has 0 radical (unpaired) electrons. The van der Waals surface area contributed by atoms with Crippen LogP contribution in [-0.2, 0) is 14.3 Å². The van der Waals surface area contributed by atoms with E-state index in [-0.39, 0.29) is 13.2 Å². The summed E-state index contributed by atoms with van der Waals surface area (Å²) in [6.07, 6.45) is 2.76. The van der Waals surface area contributed by atoms with Crippen molar-refractivity contribution >= 4 is 41.2 Å². The molecule has 1 atom stereocenters. The number of carbonyl (C=O) groups is 2. The summed E-state index contributed by atoms with van der Waals surface area (Å²) in [4.78, 5) is 24.5. The zero-order valence-electron chi connectivity index (χ0n) is 11.0. The molecule has 1 fully saturated rings. The normalized spacial score (nSPS) is 19.0. The van der Waals surface area contributed by atoms with Crippen LogP contribution in [0.3, 0.4) is 0 Å². The summed E-state index contributed by atoms with van der Waals surface area (Å²) in [6.45, 7) is 0.536. The molecule has 0 aliphatic carbocycles. The minimum atomic E-state index is -1.09. The molecule has 7 heteroatoms. The van der Waals surface area contributed by atoms with E-state index in [1.165, 1.54) is 17.1 Å². The van der Waals surface area contributed by atoms with Gasteiger partial charge < -0.3 is 14.7 Å². The fourth-order valence-corrected chi connectivity index (χ4v) is 2.52. The highest BCUT2D eigenvalue weighted by molar-refractivity contribution is 6.37. The highest BCUT2D eigenvalue weighted by Crippen LogP contribution is 2.25. The number of carbonyl (C=O) groups excluding carboxylic acids is 1. The molecular formula is C14H13Cl2NO4. The van der Waals surface area contributed by atoms with Crippen molar-refractivity contribution < 1.29 is 19.4 Å². The van der Waals surface area contributed by atoms with Crippen molar-refractivity contribution in [1.29, 1.82) is 0 Å². The summed E-state index contributed by atoms with van der Waals surface area (Å²) < 4.78 is 5.08. The van der Waals surface area contributed by atoms with Crippen molar-refractivity contribution in [3.8, 4) is 0 Å². The van der Waals surface area contributed by atoms with E-state index in [0.717, 1.165) is 0 Å². The van der Waals surface area contributed by atoms with Crippen LogP contribution in [-0.4, -0.2) is 47.7 Å². The lowest BCUT2D eigenvalue weighted by atomic mass is 10.2. The van der Waals surface area contributed by atoms with Crippen LogP contribution >= 0.6 is 23.2 Å². The number of nitrogens with zero attached hydrogens (tertiary/aromatic N) is 1. The summed E-state index contributed by atoms with van der Waals surface area (Å²) in [7, 11) is 0. The van der Waals surface area contributed by atoms with Crippen molar-refractivity contribution in [2.24, 2.45) is 0 Å². The number of rotatable bonds is 3. The van der Waals surface area contributed by atoms with Crippen LogP contribution in [0.5, 0.6) is 0 Å². The number of amides is 1. The average molecular weight is 330 g/mol. The smallest absolute Gasteiger partial charge is 0.328 e. The topological polar surface area (TPSA) is 66.8 Å². The molecule has 1 unspecified atom stereocenters. The lowest BCUT2D eigenvalue weighted by Gasteiger charge is -2.32. The standard InChI is InChI=1S/C14H13Cl2NO4/c15-10-2-1-3-11(16)9(10)4-5-13(18)17-6-7-21-8-12(17)14(19)20/h1-5,12H,6-8H2,(H,19,20). The first-order chi connectivity index (χ1) is 10.0. The maximum atomic E-state index is 12.1. The van der Waals surface area contributed by atoms with Gasteiger partial charge >= 0.3 is 5.97 Å². The molecule has 0 bridgehead atoms. The van der Waals surface area contributed by atoms with Gasteiger partial charge in [0.25, 0.3) is 0 Å². The number of hydrogen-bond acceptors (Lipinski definition) is 3. The summed E-state index contributed by atoms with van der Waals surface area (Å²) in [5, 5.41) is 9.93. The van der Waals surface area contributed by atoms with Gasteiger partial charge in [-0.15, -0.1) is 0 Å². The first-order valence-electron chi connectivity index (χ1n) is 6.24. The molecule has 1 amide bonds. The zero-order chi connectivity index (χ0) is 15.4. The Balaban J connectivity index is 2.16. The van der Waals surface area contributed by atoms with Crippen molar-refractivity contribution in [2.75, 3.05) is 19.8 Å². The fourth-order valence-electron chi connectivity index (χ4n) is 1.99. The van der Waals surface area contributed by atoms with E-state index in [9.17, 15) is 9.59 Å². The van der Waals surface area contributed by atoms with Gasteiger partial charge in [0.2, 0.25) is 5.91 Å². The molecule has 112 valence electrons. The number of aliphatic carboxylic acids is 1. The quantitative estimate of drug-likeness (QED) is 0.864. The number of carboxylic acid groups (broad SMARTS) is 1. The molecule has 1 aromatic carbocycles. The van der Waals surface area contributed by atoms with E-state index in [4.69, 9.17) is 33.0 Å². The molecule has 0 saturated carbocycles. The zero-order valence-corrected chi connectivity index (χ0v) is 12.5. The Labute approximate surface area is 131 Å². The van der Waals surface area contributed by atoms with E-state index in [1.54, 1.807) is 18.2 Å². The second-order valence-corrected chi connectivity index (χ2v) is 5.24. The lowest BCUT2D eigenvalue weighted by molar-refractivity contribution is -0.156. The molecule has 1 N–H and O–H groups in total. The second kappa shape index (κ2) is 6.93. The third-order valence-electron chi connectivity index (χ3n) is 3.09. The summed E-state index contributed by atoms with van der Waals surface area (Å²) in [6, 6.07) is 4.04. The predicted octanol–water partition coefficient (Wildman–Crippen LogP) is 2.32. The van der Waals surface area contributed by atoms with Gasteiger partial charge in [-0.2, -0.15) is 0 Å². The maximum absolute atomic E-state index is 12.1. The van der Waals surface area contributed by atoms with Crippen LogP contribution < -0.4 is 0 Å². The van der Waals surface area contributed by atoms with Gasteiger partial charge in [-0.25, -0.2) is 4.79 Å². The highest BCUT2D eigenvalue weighted by Gasteiger charge is 2.31. The van der Waals surface area contributed by atoms with E-state index in [0.29, 0.717) is 22.2 Å². The Morgan fingerprint density at radius 3 is 2.62 bits per heavy atom. The molecule has 2 rings (SSSR count). The Morgan fingerprint density at radius 2 is 2.00 bits per heavy atom. The summed E-state index contributed by atoms with van der Waals surface area (Å²) in [5.41, 5.74) is 0.523. The van der Waals surface area contributed by atoms with Gasteiger partial charge in [0.1, 0.15) is 0 Å². The number of benzene rings is 1. The second-order valence-electron chi connectivity index (χ2n) is 4.43. The van der Waals surface area contributed by atoms with E-state index >= 15 is 0 Å². The van der Waals surface area contributed by atoms with Gasteiger partial charge in [0.05, 0.1) is 13.2 Å². The molecular weight excluding hydrogens is 317 g/mol. The highest BCUT2D eigenvalue weighted by atomic mass is 35.5. The number of morpholine rings is 1. The summed E-state index contributed by atoms with van der Waals surface area (Å²) >= 11 is 12.0. The number of carboxylic acids is 1. The van der Waals surface area contributed by atoms with Crippen LogP contribution in [0, 0.1) is 0 Å². The Bertz CT molecular complexity index is 568. The van der Waals surface area contributed by atoms with Crippen LogP contribution in [0.25, 0.3) is 6.08 Å². The molecule has 0 spiro atoms. The minimum Gasteiger partial charge on any atom is -0.480 e. The van der Waals surface area contributed by atoms with Crippen molar-refractivity contribution in [2.45, 2.75) is 6.04 Å². The van der Waals surface area contributed by atoms with Crippen LogP contribution in [0.2, 0.25) is 10.0 Å². The van der Waals surface area contributed by atoms with Crippen molar-refractivity contribution in [3.63, 3.8) is 0 Å².